The van der Waals surface area contributed by atoms with Crippen LogP contribution in [-0.4, -0.2) is 146 Å². The van der Waals surface area contributed by atoms with Crippen LogP contribution in [0.4, 0.5) is 28.8 Å². The molecule has 0 radical (unpaired) electrons. The zero-order chi connectivity index (χ0) is 69.5. The number of hydrogen-bond donors (Lipinski definition) is 6. The van der Waals surface area contributed by atoms with Gasteiger partial charge in [0.05, 0.1) is 72.1 Å². The topological polar surface area (TPSA) is 471 Å². The van der Waals surface area contributed by atoms with Crippen molar-refractivity contribution in [2.24, 2.45) is 0 Å². The van der Waals surface area contributed by atoms with Crippen LogP contribution in [0.2, 0.25) is 0 Å². The fourth-order valence-electron chi connectivity index (χ4n) is 9.27. The van der Waals surface area contributed by atoms with Crippen molar-refractivity contribution in [3.8, 4) is 0 Å². The Kier molecular flexibility index (Phi) is 47.9. The molecule has 0 saturated heterocycles. The van der Waals surface area contributed by atoms with Gasteiger partial charge in [0.25, 0.3) is 0 Å². The van der Waals surface area contributed by atoms with E-state index in [1.807, 2.05) is 31.9 Å². The molecule has 0 heterocycles. The van der Waals surface area contributed by atoms with Gasteiger partial charge in [-0.15, -0.1) is 0 Å². The third-order valence-corrected chi connectivity index (χ3v) is 14.0. The van der Waals surface area contributed by atoms with Gasteiger partial charge in [0.1, 0.15) is 13.2 Å². The smallest absolute Gasteiger partial charge is 0.548 e. The molecule has 0 aromatic heterocycles. The molecular formula is C66H62N6Na6O24. The fraction of sp³-hybridized carbons (Fsp3) is 0.273. The first-order valence-electron chi connectivity index (χ1n) is 29.2. The molecule has 6 unspecified atom stereocenters. The van der Waals surface area contributed by atoms with Gasteiger partial charge >= 0.3 is 214 Å². The summed E-state index contributed by atoms with van der Waals surface area (Å²) in [5.41, 5.74) is 1.71. The van der Waals surface area contributed by atoms with Gasteiger partial charge in [0, 0.05) is 0 Å². The molecule has 30 nitrogen and oxygen atoms in total. The van der Waals surface area contributed by atoms with Gasteiger partial charge in [0.2, 0.25) is 0 Å². The molecule has 0 aliphatic carbocycles. The third-order valence-electron chi connectivity index (χ3n) is 14.0. The first-order valence-corrected chi connectivity index (χ1v) is 29.2. The molecule has 506 valence electrons. The minimum Gasteiger partial charge on any atom is -0.548 e. The SMILES string of the molecule is O=C(NC(Cc1ccccc1)C(=O)[O-])OC[C@H](OC(=O)NC(Cc1ccccc1)C(=O)[O-])[C@H](OC(=O)NC(Cc1ccccc1)C(=O)[O-])[C@H](OC(=O)NC(Cc1ccccc1)C(=O)[O-])[C@@H](COC(=O)NC(Cc1ccccc1)C(=O)[O-])OC(=O)NC(Cc1ccccc1)C(=O)[O-].[Na+].[Na+].[Na+].[Na+].[Na+].[Na+]. The average molecular weight is 1460 g/mol. The Labute approximate surface area is 717 Å². The number of carbonyl (C=O) groups excluding carboxylic acids is 12. The molecule has 102 heavy (non-hydrogen) atoms. The Hall–Kier alpha value is -6.24. The second-order valence-corrected chi connectivity index (χ2v) is 21.1. The van der Waals surface area contributed by atoms with E-state index < -0.39 is 185 Å². The molecule has 0 bridgehead atoms. The van der Waals surface area contributed by atoms with Gasteiger partial charge in [-0.2, -0.15) is 0 Å². The Balaban J connectivity index is 0.0000170. The van der Waals surface area contributed by atoms with Crippen molar-refractivity contribution in [3.63, 3.8) is 0 Å². The van der Waals surface area contributed by atoms with E-state index >= 15 is 0 Å². The number of alkyl carbamates (subject to hydrolysis) is 6. The summed E-state index contributed by atoms with van der Waals surface area (Å²) >= 11 is 0. The van der Waals surface area contributed by atoms with Crippen molar-refractivity contribution >= 4 is 72.4 Å². The Bertz CT molecular complexity index is 3380. The van der Waals surface area contributed by atoms with Gasteiger partial charge in [-0.25, -0.2) is 28.8 Å². The molecule has 0 saturated carbocycles. The van der Waals surface area contributed by atoms with Crippen molar-refractivity contribution in [2.75, 3.05) is 13.2 Å². The second-order valence-electron chi connectivity index (χ2n) is 21.1. The van der Waals surface area contributed by atoms with Gasteiger partial charge in [-0.1, -0.05) is 182 Å². The predicted molar refractivity (Wildman–Crippen MR) is 316 cm³/mol. The molecule has 0 fully saturated rings. The van der Waals surface area contributed by atoms with E-state index in [-0.39, 0.29) is 200 Å². The number of amides is 6. The molecule has 0 aliphatic rings. The first-order chi connectivity index (χ1) is 46.0. The van der Waals surface area contributed by atoms with Crippen molar-refractivity contribution < 1.29 is 294 Å². The number of carbonyl (C=O) groups is 12. The standard InChI is InChI=1S/C66H68N6O24.6Na/c73-55(74)45(31-39-19-7-1-8-20-39)67-61(85)91-37-51(93-63(87)69-47(57(77)78)33-41-23-11-3-12-24-41)53(95-65(89)71-49(59(81)82)35-43-27-15-5-16-28-43)54(96-66(90)72-50(60(83)84)36-44-29-17-6-18-30-44)52(94-64(88)70-48(58(79)80)34-42-25-13-4-14-26-42)38-92-62(86)68-46(56(75)76)32-40-21-9-2-10-22-40;;;;;;/h1-30,45-54H,31-38H2,(H,67,85)(H,68,86)(H,69,87)(H,70,88)(H,71,89)(H,72,90)(H,73,74)(H,75,76)(H,77,78)(H,79,80)(H,81,82)(H,83,84);;;;;;/q;6*+1/p-6/t45?,46?,47?,48?,49?,50?,51-,52+,53-,54+;;;;;;. The van der Waals surface area contributed by atoms with E-state index in [0.29, 0.717) is 11.1 Å². The van der Waals surface area contributed by atoms with Crippen molar-refractivity contribution in [3.05, 3.63) is 215 Å². The third kappa shape index (κ3) is 35.0. The Morgan fingerprint density at radius 2 is 0.402 bits per heavy atom. The van der Waals surface area contributed by atoms with E-state index in [1.54, 1.807) is 36.4 Å². The van der Waals surface area contributed by atoms with Crippen LogP contribution in [0.25, 0.3) is 0 Å². The first kappa shape index (κ1) is 95.8. The van der Waals surface area contributed by atoms with Gasteiger partial charge in [0.15, 0.2) is 24.4 Å². The molecule has 6 amide bonds. The summed E-state index contributed by atoms with van der Waals surface area (Å²) in [4.78, 5) is 162. The van der Waals surface area contributed by atoms with Crippen LogP contribution in [0.3, 0.4) is 0 Å². The maximum Gasteiger partial charge on any atom is 1.00 e. The van der Waals surface area contributed by atoms with E-state index in [2.05, 4.69) is 0 Å². The number of rotatable bonds is 35. The summed E-state index contributed by atoms with van der Waals surface area (Å²) in [7, 11) is 0. The van der Waals surface area contributed by atoms with Crippen LogP contribution in [0.1, 0.15) is 33.4 Å². The fourth-order valence-corrected chi connectivity index (χ4v) is 9.27. The summed E-state index contributed by atoms with van der Waals surface area (Å²) < 4.78 is 33.6. The van der Waals surface area contributed by atoms with Gasteiger partial charge < -0.3 is 120 Å². The maximum absolute atomic E-state index is 14.6. The van der Waals surface area contributed by atoms with E-state index in [9.17, 15) is 88.2 Å². The summed E-state index contributed by atoms with van der Waals surface area (Å²) in [6, 6.07) is 33.0. The Morgan fingerprint density at radius 3 is 0.569 bits per heavy atom. The van der Waals surface area contributed by atoms with Crippen LogP contribution in [0, 0.1) is 0 Å². The number of carboxylic acids is 6. The summed E-state index contributed by atoms with van der Waals surface area (Å²) in [5, 5.41) is 87.9. The number of benzene rings is 6. The van der Waals surface area contributed by atoms with E-state index in [1.165, 1.54) is 146 Å². The zero-order valence-electron chi connectivity index (χ0n) is 56.5. The number of aliphatic carboxylic acids is 6. The molecule has 36 heteroatoms. The van der Waals surface area contributed by atoms with E-state index in [0.717, 1.165) is 0 Å². The molecule has 0 aliphatic heterocycles. The zero-order valence-corrected chi connectivity index (χ0v) is 68.5. The number of ether oxygens (including phenoxy) is 6. The quantitative estimate of drug-likeness (QED) is 0.0159. The van der Waals surface area contributed by atoms with E-state index in [4.69, 9.17) is 28.4 Å². The average Bonchev–Trinajstić information content (AvgIpc) is 0.813. The van der Waals surface area contributed by atoms with Crippen molar-refractivity contribution in [1.82, 2.24) is 31.9 Å². The molecular weight excluding hydrogens is 1400 g/mol. The second kappa shape index (κ2) is 51.0. The largest absolute Gasteiger partial charge is 1.00 e. The maximum atomic E-state index is 14.6. The summed E-state index contributed by atoms with van der Waals surface area (Å²) in [6.07, 6.45) is -25.6. The molecule has 6 N–H and O–H groups in total. The number of nitrogens with one attached hydrogen (secondary N) is 6. The summed E-state index contributed by atoms with van der Waals surface area (Å²) in [5.74, 6) is -11.6. The summed E-state index contributed by atoms with van der Waals surface area (Å²) in [6.45, 7) is -3.20. The van der Waals surface area contributed by atoms with Gasteiger partial charge in [-0.3, -0.25) is 0 Å². The monoisotopic (exact) mass is 1460 g/mol. The number of hydrogen-bond acceptors (Lipinski definition) is 24. The number of carboxylic acid groups (broad SMARTS) is 6. The normalized spacial score (nSPS) is 13.1. The molecule has 0 spiro atoms. The van der Waals surface area contributed by atoms with Crippen LogP contribution in [-0.2, 0) is 95.7 Å². The van der Waals surface area contributed by atoms with Crippen LogP contribution in [0.15, 0.2) is 182 Å². The molecule has 6 rings (SSSR count). The molecule has 10 atom stereocenters. The predicted octanol–water partition coefficient (Wildman–Crippen LogP) is -21.0. The minimum absolute atomic E-state index is 0. The Morgan fingerprint density at radius 1 is 0.245 bits per heavy atom. The molecule has 6 aromatic rings. The van der Waals surface area contributed by atoms with Crippen LogP contribution in [0.5, 0.6) is 0 Å². The molecule has 6 aromatic carbocycles. The van der Waals surface area contributed by atoms with Crippen LogP contribution < -0.4 is 240 Å². The van der Waals surface area contributed by atoms with Crippen molar-refractivity contribution in [2.45, 2.75) is 99.2 Å². The van der Waals surface area contributed by atoms with Crippen molar-refractivity contribution in [1.29, 1.82) is 0 Å². The minimum atomic E-state index is -2.94. The van der Waals surface area contributed by atoms with Gasteiger partial charge in [-0.05, 0) is 71.9 Å². The van der Waals surface area contributed by atoms with Crippen LogP contribution >= 0.6 is 0 Å².